The molecule has 0 saturated carbocycles. The quantitative estimate of drug-likeness (QED) is 0.411. The van der Waals surface area contributed by atoms with Crippen LogP contribution in [0, 0.1) is 0 Å². The van der Waals surface area contributed by atoms with Crippen molar-refractivity contribution in [1.29, 1.82) is 0 Å². The van der Waals surface area contributed by atoms with E-state index in [0.29, 0.717) is 17.3 Å². The molecule has 0 saturated heterocycles. The third kappa shape index (κ3) is 7.20. The highest BCUT2D eigenvalue weighted by Crippen LogP contribution is 2.50. The minimum absolute atomic E-state index is 0.300. The number of para-hydroxylation sites is 2. The third-order valence-corrected chi connectivity index (χ3v) is 13.4. The van der Waals surface area contributed by atoms with Crippen LogP contribution in [0.2, 0.25) is 32.7 Å². The number of rotatable bonds is 8. The largest absolute Gasteiger partial charge is 0.455 e. The zero-order valence-corrected chi connectivity index (χ0v) is 18.5. The van der Waals surface area contributed by atoms with E-state index in [0.717, 1.165) is 0 Å². The van der Waals surface area contributed by atoms with Gasteiger partial charge in [-0.05, 0) is 57.0 Å². The Kier molecular flexibility index (Phi) is 6.32. The molecule has 0 aliphatic rings. The average Bonchev–Trinajstić information content (AvgIpc) is 2.45. The van der Waals surface area contributed by atoms with Gasteiger partial charge in [0, 0.05) is 0 Å². The van der Waals surface area contributed by atoms with Gasteiger partial charge in [-0.25, -0.2) is 4.57 Å². The summed E-state index contributed by atoms with van der Waals surface area (Å²) < 4.78 is 31.6. The van der Waals surface area contributed by atoms with E-state index in [1.165, 1.54) is 0 Å². The van der Waals surface area contributed by atoms with Gasteiger partial charge in [0.15, 0.2) is 16.6 Å². The van der Waals surface area contributed by atoms with E-state index >= 15 is 0 Å². The molecule has 0 aromatic heterocycles. The molecule has 2 aromatic rings. The van der Waals surface area contributed by atoms with Crippen molar-refractivity contribution < 1.29 is 17.7 Å². The predicted octanol–water partition coefficient (Wildman–Crippen LogP) is 5.93. The zero-order valence-electron chi connectivity index (χ0n) is 15.6. The van der Waals surface area contributed by atoms with E-state index in [1.54, 1.807) is 24.3 Å². The highest BCUT2D eigenvalue weighted by atomic mass is 31.2. The summed E-state index contributed by atoms with van der Waals surface area (Å²) in [6.07, 6.45) is 0. The Morgan fingerprint density at radius 2 is 1.16 bits per heavy atom. The predicted molar refractivity (Wildman–Crippen MR) is 109 cm³/mol. The van der Waals surface area contributed by atoms with E-state index in [4.69, 9.17) is 13.2 Å². The van der Waals surface area contributed by atoms with Crippen LogP contribution in [0.4, 0.5) is 0 Å². The van der Waals surface area contributed by atoms with Crippen molar-refractivity contribution in [2.24, 2.45) is 0 Å². The van der Waals surface area contributed by atoms with Gasteiger partial charge in [0.2, 0.25) is 0 Å². The molecule has 0 atom stereocenters. The van der Waals surface area contributed by atoms with Crippen molar-refractivity contribution in [2.75, 3.05) is 5.79 Å². The molecule has 0 amide bonds. The van der Waals surface area contributed by atoms with Crippen molar-refractivity contribution in [1.82, 2.24) is 0 Å². The second-order valence-electron chi connectivity index (χ2n) is 7.55. The van der Waals surface area contributed by atoms with Gasteiger partial charge in [-0.1, -0.05) is 36.4 Å². The SMILES string of the molecule is C[Si](C)(C)O[Si](C)(C)CP(=O)(Oc1ccccc1)Oc1ccccc1. The number of benzene rings is 2. The lowest BCUT2D eigenvalue weighted by molar-refractivity contribution is 0.388. The van der Waals surface area contributed by atoms with E-state index in [2.05, 4.69) is 32.7 Å². The summed E-state index contributed by atoms with van der Waals surface area (Å²) in [6.45, 7) is 10.6. The first kappa shape index (κ1) is 20.0. The summed E-state index contributed by atoms with van der Waals surface area (Å²) in [5, 5.41) is 0. The van der Waals surface area contributed by atoms with Gasteiger partial charge in [-0.3, -0.25) is 0 Å². The van der Waals surface area contributed by atoms with Crippen molar-refractivity contribution in [3.63, 3.8) is 0 Å². The molecule has 0 spiro atoms. The van der Waals surface area contributed by atoms with Crippen molar-refractivity contribution in [2.45, 2.75) is 32.7 Å². The standard InChI is InChI=1S/C18H27O4PSi2/c1-24(2,3)22-25(4,5)16-23(19,20-17-12-8-6-9-13-17)21-18-14-10-7-11-15-18/h6-15H,16H2,1-5H3. The molecule has 0 unspecified atom stereocenters. The number of hydrogen-bond donors (Lipinski definition) is 0. The fourth-order valence-electron chi connectivity index (χ4n) is 2.69. The van der Waals surface area contributed by atoms with E-state index in [9.17, 15) is 4.57 Å². The van der Waals surface area contributed by atoms with Gasteiger partial charge in [0.1, 0.15) is 11.5 Å². The molecule has 0 radical (unpaired) electrons. The normalized spacial score (nSPS) is 12.7. The van der Waals surface area contributed by atoms with Crippen molar-refractivity contribution in [3.8, 4) is 11.5 Å². The molecular weight excluding hydrogens is 367 g/mol. The van der Waals surface area contributed by atoms with Crippen LogP contribution in [-0.4, -0.2) is 22.4 Å². The van der Waals surface area contributed by atoms with Crippen LogP contribution in [-0.2, 0) is 8.68 Å². The van der Waals surface area contributed by atoms with Gasteiger partial charge < -0.3 is 13.2 Å². The maximum atomic E-state index is 13.6. The van der Waals surface area contributed by atoms with Crippen LogP contribution < -0.4 is 9.05 Å². The van der Waals surface area contributed by atoms with Crippen LogP contribution in [0.25, 0.3) is 0 Å². The first-order valence-corrected chi connectivity index (χ1v) is 16.6. The minimum Gasteiger partial charge on any atom is -0.455 e. The molecule has 2 aromatic carbocycles. The van der Waals surface area contributed by atoms with E-state index < -0.39 is 24.2 Å². The molecule has 0 N–H and O–H groups in total. The molecule has 0 aliphatic carbocycles. The van der Waals surface area contributed by atoms with Gasteiger partial charge in [0.05, 0.1) is 5.79 Å². The molecule has 4 nitrogen and oxygen atoms in total. The number of hydrogen-bond acceptors (Lipinski definition) is 4. The summed E-state index contributed by atoms with van der Waals surface area (Å²) in [7, 11) is -7.39. The molecule has 0 aliphatic heterocycles. The Morgan fingerprint density at radius 1 is 0.760 bits per heavy atom. The maximum Gasteiger partial charge on any atom is 0.430 e. The second kappa shape index (κ2) is 7.91. The monoisotopic (exact) mass is 394 g/mol. The highest BCUT2D eigenvalue weighted by molar-refractivity contribution is 7.57. The smallest absolute Gasteiger partial charge is 0.430 e. The van der Waals surface area contributed by atoms with Crippen LogP contribution >= 0.6 is 7.60 Å². The summed E-state index contributed by atoms with van der Waals surface area (Å²) in [5.41, 5.74) is 0. The highest BCUT2D eigenvalue weighted by Gasteiger charge is 2.41. The topological polar surface area (TPSA) is 44.8 Å². The first-order chi connectivity index (χ1) is 11.6. The molecule has 0 fully saturated rings. The Labute approximate surface area is 152 Å². The summed E-state index contributed by atoms with van der Waals surface area (Å²) in [4.78, 5) is 0. The summed E-state index contributed by atoms with van der Waals surface area (Å²) in [5.74, 6) is 1.38. The van der Waals surface area contributed by atoms with E-state index in [-0.39, 0.29) is 0 Å². The summed E-state index contributed by atoms with van der Waals surface area (Å²) >= 11 is 0. The van der Waals surface area contributed by atoms with Gasteiger partial charge in [-0.2, -0.15) is 0 Å². The van der Waals surface area contributed by atoms with Crippen molar-refractivity contribution >= 4 is 24.2 Å². The van der Waals surface area contributed by atoms with Gasteiger partial charge in [-0.15, -0.1) is 0 Å². The van der Waals surface area contributed by atoms with Crippen LogP contribution in [0.5, 0.6) is 11.5 Å². The maximum absolute atomic E-state index is 13.6. The van der Waals surface area contributed by atoms with Crippen molar-refractivity contribution in [3.05, 3.63) is 60.7 Å². The second-order valence-corrected chi connectivity index (χ2v) is 19.0. The van der Waals surface area contributed by atoms with Gasteiger partial charge >= 0.3 is 7.60 Å². The molecule has 2 rings (SSSR count). The fourth-order valence-corrected chi connectivity index (χ4v) is 15.3. The minimum atomic E-state index is -3.41. The van der Waals surface area contributed by atoms with E-state index in [1.807, 2.05) is 36.4 Å². The summed E-state index contributed by atoms with van der Waals surface area (Å²) in [6, 6.07) is 18.3. The molecule has 0 heterocycles. The molecule has 136 valence electrons. The van der Waals surface area contributed by atoms with Crippen LogP contribution in [0.3, 0.4) is 0 Å². The molecule has 25 heavy (non-hydrogen) atoms. The van der Waals surface area contributed by atoms with Crippen LogP contribution in [0.1, 0.15) is 0 Å². The lowest BCUT2D eigenvalue weighted by Crippen LogP contribution is -2.46. The zero-order chi connectivity index (χ0) is 18.6. The Morgan fingerprint density at radius 3 is 1.52 bits per heavy atom. The average molecular weight is 395 g/mol. The first-order valence-electron chi connectivity index (χ1n) is 8.36. The lowest BCUT2D eigenvalue weighted by atomic mass is 10.3. The lowest BCUT2D eigenvalue weighted by Gasteiger charge is -2.33. The molecule has 7 heteroatoms. The Bertz CT molecular complexity index is 669. The Hall–Kier alpha value is -1.34. The molecule has 0 bridgehead atoms. The third-order valence-electron chi connectivity index (χ3n) is 3.13. The van der Waals surface area contributed by atoms with Crippen LogP contribution in [0.15, 0.2) is 60.7 Å². The Balaban J connectivity index is 2.26. The fraction of sp³-hybridized carbons (Fsp3) is 0.333. The van der Waals surface area contributed by atoms with Gasteiger partial charge in [0.25, 0.3) is 0 Å². The molecular formula is C18H27O4PSi2.